The molecule has 2 heterocycles. The SMILES string of the molecule is Cc1ncsc1CN(C)C(=O)CCC1CCCN1.Cl.Cl. The number of aryl methyl sites for hydroxylation is 1. The van der Waals surface area contributed by atoms with Gasteiger partial charge in [0.05, 0.1) is 17.7 Å². The first kappa shape index (κ1) is 19.6. The van der Waals surface area contributed by atoms with Gasteiger partial charge in [0.1, 0.15) is 0 Å². The number of amides is 1. The Labute approximate surface area is 137 Å². The van der Waals surface area contributed by atoms with Crippen molar-refractivity contribution in [1.29, 1.82) is 0 Å². The maximum absolute atomic E-state index is 12.0. The van der Waals surface area contributed by atoms with Crippen LogP contribution in [0.25, 0.3) is 0 Å². The molecule has 1 aromatic heterocycles. The van der Waals surface area contributed by atoms with Crippen molar-refractivity contribution in [3.05, 3.63) is 16.1 Å². The van der Waals surface area contributed by atoms with Gasteiger partial charge in [-0.15, -0.1) is 36.2 Å². The molecule has 1 aliphatic heterocycles. The second-order valence-corrected chi connectivity index (χ2v) is 5.88. The van der Waals surface area contributed by atoms with Crippen LogP contribution in [0, 0.1) is 6.92 Å². The molecule has 1 aromatic rings. The maximum Gasteiger partial charge on any atom is 0.222 e. The molecule has 1 saturated heterocycles. The van der Waals surface area contributed by atoms with E-state index >= 15 is 0 Å². The second-order valence-electron chi connectivity index (χ2n) is 4.94. The number of rotatable bonds is 5. The molecule has 1 N–H and O–H groups in total. The lowest BCUT2D eigenvalue weighted by Gasteiger charge is -2.18. The van der Waals surface area contributed by atoms with Gasteiger partial charge in [0, 0.05) is 24.4 Å². The van der Waals surface area contributed by atoms with Crippen molar-refractivity contribution in [3.8, 4) is 0 Å². The van der Waals surface area contributed by atoms with Gasteiger partial charge in [0.2, 0.25) is 5.91 Å². The summed E-state index contributed by atoms with van der Waals surface area (Å²) >= 11 is 1.62. The summed E-state index contributed by atoms with van der Waals surface area (Å²) in [6, 6.07) is 0.549. The molecule has 0 radical (unpaired) electrons. The Morgan fingerprint density at radius 3 is 2.85 bits per heavy atom. The van der Waals surface area contributed by atoms with Crippen LogP contribution in [0.1, 0.15) is 36.3 Å². The number of aromatic nitrogens is 1. The van der Waals surface area contributed by atoms with E-state index in [1.54, 1.807) is 11.3 Å². The van der Waals surface area contributed by atoms with Crippen LogP contribution in [-0.4, -0.2) is 35.4 Å². The summed E-state index contributed by atoms with van der Waals surface area (Å²) in [6.07, 6.45) is 4.07. The Bertz CT molecular complexity index is 408. The van der Waals surface area contributed by atoms with Gasteiger partial charge >= 0.3 is 0 Å². The van der Waals surface area contributed by atoms with E-state index in [1.165, 1.54) is 17.7 Å². The van der Waals surface area contributed by atoms with Gasteiger partial charge in [0.25, 0.3) is 0 Å². The molecule has 4 nitrogen and oxygen atoms in total. The lowest BCUT2D eigenvalue weighted by atomic mass is 10.1. The third-order valence-corrected chi connectivity index (χ3v) is 4.44. The van der Waals surface area contributed by atoms with Gasteiger partial charge in [-0.2, -0.15) is 0 Å². The number of halogens is 2. The molecule has 1 atom stereocenters. The lowest BCUT2D eigenvalue weighted by Crippen LogP contribution is -2.29. The van der Waals surface area contributed by atoms with Crippen molar-refractivity contribution in [2.24, 2.45) is 0 Å². The fourth-order valence-corrected chi connectivity index (χ4v) is 3.10. The number of hydrogen-bond acceptors (Lipinski definition) is 4. The van der Waals surface area contributed by atoms with E-state index in [1.807, 2.05) is 24.4 Å². The van der Waals surface area contributed by atoms with Crippen LogP contribution in [0.5, 0.6) is 0 Å². The van der Waals surface area contributed by atoms with Crippen molar-refractivity contribution >= 4 is 42.1 Å². The summed E-state index contributed by atoms with van der Waals surface area (Å²) in [5, 5.41) is 3.43. The topological polar surface area (TPSA) is 45.2 Å². The predicted molar refractivity (Wildman–Crippen MR) is 88.1 cm³/mol. The standard InChI is InChI=1S/C13H21N3OS.2ClH/c1-10-12(18-9-15-10)8-16(2)13(17)6-5-11-4-3-7-14-11;;/h9,11,14H,3-8H2,1-2H3;2*1H. The van der Waals surface area contributed by atoms with Crippen molar-refractivity contribution in [3.63, 3.8) is 0 Å². The van der Waals surface area contributed by atoms with Gasteiger partial charge in [-0.3, -0.25) is 4.79 Å². The molecule has 0 saturated carbocycles. The van der Waals surface area contributed by atoms with Gasteiger partial charge in [0.15, 0.2) is 0 Å². The van der Waals surface area contributed by atoms with E-state index in [0.29, 0.717) is 19.0 Å². The maximum atomic E-state index is 12.0. The fraction of sp³-hybridized carbons (Fsp3) is 0.692. The molecule has 1 unspecified atom stereocenters. The van der Waals surface area contributed by atoms with Crippen molar-refractivity contribution in [2.75, 3.05) is 13.6 Å². The molecular formula is C13H23Cl2N3OS. The monoisotopic (exact) mass is 339 g/mol. The molecule has 0 spiro atoms. The van der Waals surface area contributed by atoms with E-state index in [-0.39, 0.29) is 30.7 Å². The minimum absolute atomic E-state index is 0. The van der Waals surface area contributed by atoms with E-state index in [9.17, 15) is 4.79 Å². The summed E-state index contributed by atoms with van der Waals surface area (Å²) < 4.78 is 0. The van der Waals surface area contributed by atoms with Crippen LogP contribution in [0.3, 0.4) is 0 Å². The van der Waals surface area contributed by atoms with Crippen molar-refractivity contribution < 1.29 is 4.79 Å². The Morgan fingerprint density at radius 1 is 1.55 bits per heavy atom. The van der Waals surface area contributed by atoms with Crippen LogP contribution in [-0.2, 0) is 11.3 Å². The average molecular weight is 340 g/mol. The molecule has 0 aliphatic carbocycles. The third kappa shape index (κ3) is 5.56. The Morgan fingerprint density at radius 2 is 2.30 bits per heavy atom. The molecule has 0 aromatic carbocycles. The quantitative estimate of drug-likeness (QED) is 0.897. The minimum Gasteiger partial charge on any atom is -0.341 e. The zero-order valence-electron chi connectivity index (χ0n) is 11.9. The second kappa shape index (κ2) is 9.55. The summed E-state index contributed by atoms with van der Waals surface area (Å²) in [5.41, 5.74) is 2.88. The highest BCUT2D eigenvalue weighted by atomic mass is 35.5. The van der Waals surface area contributed by atoms with E-state index in [2.05, 4.69) is 10.3 Å². The molecular weight excluding hydrogens is 317 g/mol. The molecule has 20 heavy (non-hydrogen) atoms. The van der Waals surface area contributed by atoms with E-state index in [0.717, 1.165) is 18.7 Å². The van der Waals surface area contributed by atoms with Crippen LogP contribution < -0.4 is 5.32 Å². The largest absolute Gasteiger partial charge is 0.341 e. The first-order valence-electron chi connectivity index (χ1n) is 6.53. The van der Waals surface area contributed by atoms with Gasteiger partial charge < -0.3 is 10.2 Å². The van der Waals surface area contributed by atoms with Gasteiger partial charge in [-0.05, 0) is 32.7 Å². The minimum atomic E-state index is 0. The predicted octanol–water partition coefficient (Wildman–Crippen LogP) is 2.79. The molecule has 0 bridgehead atoms. The van der Waals surface area contributed by atoms with Crippen LogP contribution in [0.15, 0.2) is 5.51 Å². The Kier molecular flexibility index (Phi) is 9.38. The number of nitrogens with one attached hydrogen (secondary N) is 1. The zero-order valence-corrected chi connectivity index (χ0v) is 14.4. The Balaban J connectivity index is 0.00000180. The summed E-state index contributed by atoms with van der Waals surface area (Å²) in [7, 11) is 1.88. The van der Waals surface area contributed by atoms with Gasteiger partial charge in [-0.1, -0.05) is 0 Å². The average Bonchev–Trinajstić information content (AvgIpc) is 2.99. The lowest BCUT2D eigenvalue weighted by molar-refractivity contribution is -0.130. The smallest absolute Gasteiger partial charge is 0.222 e. The highest BCUT2D eigenvalue weighted by molar-refractivity contribution is 7.09. The van der Waals surface area contributed by atoms with Crippen molar-refractivity contribution in [1.82, 2.24) is 15.2 Å². The summed E-state index contributed by atoms with van der Waals surface area (Å²) in [4.78, 5) is 19.2. The number of carbonyl (C=O) groups excluding carboxylic acids is 1. The molecule has 2 rings (SSSR count). The molecule has 116 valence electrons. The molecule has 1 aliphatic rings. The molecule has 1 amide bonds. The van der Waals surface area contributed by atoms with E-state index < -0.39 is 0 Å². The number of nitrogens with zero attached hydrogens (tertiary/aromatic N) is 2. The van der Waals surface area contributed by atoms with E-state index in [4.69, 9.17) is 0 Å². The number of carbonyl (C=O) groups is 1. The summed E-state index contributed by atoms with van der Waals surface area (Å²) in [5.74, 6) is 0.233. The first-order chi connectivity index (χ1) is 8.66. The van der Waals surface area contributed by atoms with Crippen molar-refractivity contribution in [2.45, 2.75) is 45.2 Å². The highest BCUT2D eigenvalue weighted by Gasteiger charge is 2.17. The number of thiazole rings is 1. The zero-order chi connectivity index (χ0) is 13.0. The fourth-order valence-electron chi connectivity index (χ4n) is 2.27. The third-order valence-electron chi connectivity index (χ3n) is 3.52. The van der Waals surface area contributed by atoms with Crippen LogP contribution in [0.4, 0.5) is 0 Å². The number of hydrogen-bond donors (Lipinski definition) is 1. The molecule has 7 heteroatoms. The van der Waals surface area contributed by atoms with Crippen LogP contribution >= 0.6 is 36.2 Å². The van der Waals surface area contributed by atoms with Gasteiger partial charge in [-0.25, -0.2) is 4.98 Å². The normalized spacial score (nSPS) is 17.2. The summed E-state index contributed by atoms with van der Waals surface area (Å²) in [6.45, 7) is 3.79. The molecule has 1 fully saturated rings. The first-order valence-corrected chi connectivity index (χ1v) is 7.41. The Hall–Kier alpha value is -0.360. The van der Waals surface area contributed by atoms with Crippen LogP contribution in [0.2, 0.25) is 0 Å². The highest BCUT2D eigenvalue weighted by Crippen LogP contribution is 2.16.